The topological polar surface area (TPSA) is 515 Å². The van der Waals surface area contributed by atoms with Crippen LogP contribution in [0, 0.1) is 0 Å². The van der Waals surface area contributed by atoms with E-state index in [9.17, 15) is 67.4 Å². The third-order valence-electron chi connectivity index (χ3n) is 14.2. The van der Waals surface area contributed by atoms with E-state index in [1.807, 2.05) is 6.07 Å². The van der Waals surface area contributed by atoms with Crippen LogP contribution in [0.3, 0.4) is 0 Å². The number of carbonyl (C=O) groups excluding carboxylic acids is 9. The van der Waals surface area contributed by atoms with Gasteiger partial charge in [-0.15, -0.1) is 26.3 Å². The molecule has 3 heterocycles. The Hall–Kier alpha value is -12.9. The molecule has 4 aromatic carbocycles. The number of ether oxygens (including phenoxy) is 15. The first-order chi connectivity index (χ1) is 53.7. The first-order valence-corrected chi connectivity index (χ1v) is 33.7. The summed E-state index contributed by atoms with van der Waals surface area (Å²) in [6.45, 7) is 20.9. The zero-order chi connectivity index (χ0) is 86.0. The maximum atomic E-state index is 12.3. The van der Waals surface area contributed by atoms with Crippen molar-refractivity contribution < 1.29 is 169 Å². The minimum absolute atomic E-state index is 0.134. The van der Waals surface area contributed by atoms with Gasteiger partial charge in [-0.2, -0.15) is 0 Å². The molecular weight excluding hydrogens is 1510 g/mol. The summed E-state index contributed by atoms with van der Waals surface area (Å²) in [5.41, 5.74) is 3.93. The first kappa shape index (κ1) is 97.2. The number of carbonyl (C=O) groups is 13. The van der Waals surface area contributed by atoms with Crippen LogP contribution in [0.15, 0.2) is 148 Å². The Balaban J connectivity index is 0.000000479. The minimum Gasteiger partial charge on any atom is -0.493 e. The molecule has 0 aliphatic carbocycles. The number of pyridine rings is 1. The van der Waals surface area contributed by atoms with Crippen LogP contribution < -0.4 is 37.9 Å². The van der Waals surface area contributed by atoms with Gasteiger partial charge in [0, 0.05) is 40.1 Å². The van der Waals surface area contributed by atoms with E-state index in [1.54, 1.807) is 125 Å². The summed E-state index contributed by atoms with van der Waals surface area (Å²) in [6.07, 6.45) is 0.862. The Bertz CT molecular complexity index is 4160. The number of hydrogen-bond donors (Lipinski definition) is 7. The van der Waals surface area contributed by atoms with E-state index in [4.69, 9.17) is 92.2 Å². The maximum Gasteiger partial charge on any atom is 0.347 e. The highest BCUT2D eigenvalue weighted by molar-refractivity contribution is 5.92. The fraction of sp³-hybridized carbons (Fsp3) is 0.359. The highest BCUT2D eigenvalue weighted by Crippen LogP contribution is 2.34. The predicted molar refractivity (Wildman–Crippen MR) is 394 cm³/mol. The number of aliphatic hydroxyl groups is 3. The van der Waals surface area contributed by atoms with E-state index in [1.165, 1.54) is 46.9 Å². The number of methoxy groups -OCH3 is 6. The fourth-order valence-corrected chi connectivity index (χ4v) is 9.03. The molecule has 618 valence electrons. The van der Waals surface area contributed by atoms with Crippen molar-refractivity contribution >= 4 is 77.6 Å². The van der Waals surface area contributed by atoms with Crippen LogP contribution in [0.25, 0.3) is 0 Å². The molecule has 7 rings (SSSR count). The number of aromatic nitrogens is 1. The number of cyclic esters (lactones) is 2. The zero-order valence-electron chi connectivity index (χ0n) is 63.9. The van der Waals surface area contributed by atoms with E-state index < -0.39 is 151 Å². The molecule has 0 spiro atoms. The van der Waals surface area contributed by atoms with Crippen LogP contribution in [0.5, 0.6) is 46.0 Å². The van der Waals surface area contributed by atoms with Crippen LogP contribution in [0.1, 0.15) is 98.8 Å². The summed E-state index contributed by atoms with van der Waals surface area (Å²) < 4.78 is 75.5. The van der Waals surface area contributed by atoms with Gasteiger partial charge >= 0.3 is 77.6 Å². The van der Waals surface area contributed by atoms with Gasteiger partial charge in [-0.3, -0.25) is 33.8 Å². The van der Waals surface area contributed by atoms with E-state index in [2.05, 4.69) is 40.8 Å². The number of allylic oxidation sites excluding steroid dienone is 4. The second-order valence-electron chi connectivity index (χ2n) is 24.1. The van der Waals surface area contributed by atoms with Gasteiger partial charge < -0.3 is 107 Å². The summed E-state index contributed by atoms with van der Waals surface area (Å²) in [5, 5.41) is 59.5. The lowest BCUT2D eigenvalue weighted by Gasteiger charge is -2.16. The molecule has 2 saturated heterocycles. The maximum absolute atomic E-state index is 12.3. The molecule has 114 heavy (non-hydrogen) atoms. The van der Waals surface area contributed by atoms with Crippen LogP contribution in [-0.2, 0) is 116 Å². The number of nitrogens with zero attached hydrogens (tertiary/aromatic N) is 1. The van der Waals surface area contributed by atoms with Crippen molar-refractivity contribution in [2.75, 3.05) is 42.7 Å². The number of aliphatic hydroxyl groups excluding tert-OH is 3. The number of esters is 9. The highest BCUT2D eigenvalue weighted by Gasteiger charge is 2.43. The van der Waals surface area contributed by atoms with Crippen LogP contribution in [0.2, 0.25) is 0 Å². The van der Waals surface area contributed by atoms with Crippen LogP contribution in [0.4, 0.5) is 0 Å². The lowest BCUT2D eigenvalue weighted by molar-refractivity contribution is -0.163. The molecular formula is C78H91NO35. The Labute approximate surface area is 653 Å². The molecule has 2 aliphatic rings. The molecule has 5 aromatic rings. The lowest BCUT2D eigenvalue weighted by atomic mass is 10.1. The molecule has 0 unspecified atom stereocenters. The average Bonchev–Trinajstić information content (AvgIpc) is 1.61. The third-order valence-corrected chi connectivity index (χ3v) is 14.2. The first-order valence-electron chi connectivity index (χ1n) is 33.7. The summed E-state index contributed by atoms with van der Waals surface area (Å²) in [6, 6.07) is 23.3. The smallest absolute Gasteiger partial charge is 0.347 e. The third kappa shape index (κ3) is 35.9. The molecule has 2 aliphatic heterocycles. The molecule has 0 bridgehead atoms. The van der Waals surface area contributed by atoms with E-state index >= 15 is 0 Å². The quantitative estimate of drug-likeness (QED) is 0.0102. The number of hydrogen-bond acceptors (Lipinski definition) is 32. The van der Waals surface area contributed by atoms with Crippen molar-refractivity contribution in [3.63, 3.8) is 0 Å². The van der Waals surface area contributed by atoms with Gasteiger partial charge in [-0.25, -0.2) is 33.6 Å². The van der Waals surface area contributed by atoms with Gasteiger partial charge in [0.25, 0.3) is 0 Å². The molecule has 0 radical (unpaired) electrons. The second-order valence-corrected chi connectivity index (χ2v) is 24.1. The standard InChI is InChI=1S/C21H21NO7.C17H20O6.C15H18O6.C14H16O6.C7H10O5.C4H6O5/c1-4-6-14-8-9-16(17(11-14)26-2)28-19(23)12-18(21(25)27-3)29-20(24)15-7-5-10-22-13-15;1-5-6-11-7-8-12(13(9-11)20-4)21-15(18)10-14-16(19)23-17(2,3)22-14;1-4-5-10-6-7-12(13(8-10)19-2)21-14(17)9-11(16)15(18)20-3;1-3-4-9-5-6-11(12(7-9)19-2)20-13(16)8-10(15)14(17)18;1-7(2)11-4(3-5(8)9)6(10)12-7;5-2(4(8)9)1-3(6)7/h4-5,7-11,13,18H,1,6,12H2,2-3H3;5,7-9,14H,1,6,10H2,2-4H3;4,6-8,11,16H,1,5,9H2,2-3H3;3,5-7,10,15H,1,4,8H2,2H3,(H,17,18);4H,3H2,1-2H3,(H,8,9);2,5H,1H2,(H,6,7)(H,8,9)/t18-;14-;11-;10-;4-;2-/m000000/s1. The van der Waals surface area contributed by atoms with Gasteiger partial charge in [0.05, 0.1) is 86.7 Å². The molecule has 6 atom stereocenters. The fourth-order valence-electron chi connectivity index (χ4n) is 9.03. The Morgan fingerprint density at radius 2 is 0.789 bits per heavy atom. The van der Waals surface area contributed by atoms with Crippen molar-refractivity contribution in [1.29, 1.82) is 0 Å². The average molecular weight is 1600 g/mol. The molecule has 36 heteroatoms. The SMILES string of the molecule is C=CCc1ccc(OC(=O)C[C@@H]2OC(C)(C)OC2=O)c(OC)c1.C=CCc1ccc(OC(=O)C[C@H](O)C(=O)O)c(OC)c1.C=CCc1ccc(OC(=O)C[C@H](O)C(=O)OC)c(OC)c1.C=CCc1ccc(OC(=O)C[C@H](OC(=O)c2cccnc2)C(=O)OC)c(OC)c1.CC1(C)OC(=O)[C@H](CC(=O)O)O1.O=C(O)C[C@H](O)C(=O)O. The largest absolute Gasteiger partial charge is 0.493 e. The molecule has 2 fully saturated rings. The van der Waals surface area contributed by atoms with E-state index in [0.717, 1.165) is 36.5 Å². The molecule has 7 N–H and O–H groups in total. The monoisotopic (exact) mass is 1600 g/mol. The van der Waals surface area contributed by atoms with Crippen molar-refractivity contribution in [2.45, 2.75) is 140 Å². The van der Waals surface area contributed by atoms with Gasteiger partial charge in [0.1, 0.15) is 0 Å². The van der Waals surface area contributed by atoms with E-state index in [-0.39, 0.29) is 41.4 Å². The molecule has 0 saturated carbocycles. The summed E-state index contributed by atoms with van der Waals surface area (Å²) in [5.74, 6) is -11.8. The predicted octanol–water partition coefficient (Wildman–Crippen LogP) is 6.37. The Morgan fingerprint density at radius 1 is 0.447 bits per heavy atom. The second kappa shape index (κ2) is 49.4. The Kier molecular flexibility index (Phi) is 42.1. The lowest BCUT2D eigenvalue weighted by Crippen LogP contribution is -2.32. The van der Waals surface area contributed by atoms with Gasteiger partial charge in [-0.1, -0.05) is 48.6 Å². The number of rotatable bonds is 34. The number of carboxylic acid groups (broad SMARTS) is 4. The van der Waals surface area contributed by atoms with Crippen molar-refractivity contribution in [1.82, 2.24) is 4.98 Å². The molecule has 0 amide bonds. The summed E-state index contributed by atoms with van der Waals surface area (Å²) >= 11 is 0. The molecule has 1 aromatic heterocycles. The van der Waals surface area contributed by atoms with Crippen molar-refractivity contribution in [3.05, 3.63) is 176 Å². The van der Waals surface area contributed by atoms with Crippen LogP contribution >= 0.6 is 0 Å². The van der Waals surface area contributed by atoms with Gasteiger partial charge in [0.2, 0.25) is 17.7 Å². The minimum atomic E-state index is -1.79. The van der Waals surface area contributed by atoms with E-state index in [0.29, 0.717) is 48.7 Å². The summed E-state index contributed by atoms with van der Waals surface area (Å²) in [7, 11) is 8.06. The van der Waals surface area contributed by atoms with Crippen molar-refractivity contribution in [3.8, 4) is 46.0 Å². The zero-order valence-corrected chi connectivity index (χ0v) is 63.9. The van der Waals surface area contributed by atoms with Gasteiger partial charge in [-0.05, 0) is 109 Å². The number of benzene rings is 4. The summed E-state index contributed by atoms with van der Waals surface area (Å²) in [4.78, 5) is 149. The van der Waals surface area contributed by atoms with Crippen LogP contribution in [-0.4, -0.2) is 209 Å². The van der Waals surface area contributed by atoms with Gasteiger partial charge in [0.15, 0.2) is 76.5 Å². The molecule has 36 nitrogen and oxygen atoms in total. The number of carboxylic acids is 4. The highest BCUT2D eigenvalue weighted by atomic mass is 16.8. The normalized spacial score (nSPS) is 14.6. The van der Waals surface area contributed by atoms with Crippen molar-refractivity contribution in [2.24, 2.45) is 0 Å². The number of aliphatic carboxylic acids is 4. The Morgan fingerprint density at radius 3 is 1.08 bits per heavy atom.